The van der Waals surface area contributed by atoms with Crippen molar-refractivity contribution in [2.45, 2.75) is 45.2 Å². The van der Waals surface area contributed by atoms with Crippen LogP contribution in [0.25, 0.3) is 16.8 Å². The molecule has 5 rings (SSSR count). The van der Waals surface area contributed by atoms with Crippen LogP contribution in [0.2, 0.25) is 0 Å². The first-order valence-electron chi connectivity index (χ1n) is 11.4. The number of aryl methyl sites for hydroxylation is 1. The lowest BCUT2D eigenvalue weighted by Gasteiger charge is -2.41. The van der Waals surface area contributed by atoms with Crippen molar-refractivity contribution in [3.8, 4) is 11.3 Å². The van der Waals surface area contributed by atoms with E-state index in [1.165, 1.54) is 0 Å². The van der Waals surface area contributed by atoms with Gasteiger partial charge < -0.3 is 9.30 Å². The van der Waals surface area contributed by atoms with E-state index in [1.54, 1.807) is 11.7 Å². The van der Waals surface area contributed by atoms with Crippen molar-refractivity contribution >= 4 is 11.4 Å². The van der Waals surface area contributed by atoms with Gasteiger partial charge in [0.15, 0.2) is 17.5 Å². The lowest BCUT2D eigenvalue weighted by atomic mass is 9.87. The largest absolute Gasteiger partial charge is 0.327 e. The van der Waals surface area contributed by atoms with Crippen molar-refractivity contribution in [3.63, 3.8) is 0 Å². The standard InChI is InChI=1S/C26H25F3N4O/c1-4-17-14-19-24(30-31(3)25(19)16-12-20(27)23(29)21(28)13-16)22(5-2)33(17)26(34)15-8-10-32-9-6-7-18(32)11-15/h6-13,17,22H,4-5,14H2,1-3H3. The Morgan fingerprint density at radius 3 is 2.47 bits per heavy atom. The van der Waals surface area contributed by atoms with Gasteiger partial charge in [-0.3, -0.25) is 9.48 Å². The van der Waals surface area contributed by atoms with E-state index in [2.05, 4.69) is 5.10 Å². The third kappa shape index (κ3) is 3.40. The van der Waals surface area contributed by atoms with Crippen LogP contribution in [0.1, 0.15) is 54.3 Å². The molecule has 4 aromatic rings. The van der Waals surface area contributed by atoms with Crippen LogP contribution in [0.5, 0.6) is 0 Å². The fraction of sp³-hybridized carbons (Fsp3) is 0.308. The van der Waals surface area contributed by atoms with E-state index in [4.69, 9.17) is 0 Å². The number of carbonyl (C=O) groups excluding carboxylic acids is 1. The van der Waals surface area contributed by atoms with Gasteiger partial charge in [-0.15, -0.1) is 0 Å². The van der Waals surface area contributed by atoms with Gasteiger partial charge in [0.05, 0.1) is 17.4 Å². The van der Waals surface area contributed by atoms with Crippen molar-refractivity contribution in [1.82, 2.24) is 19.1 Å². The van der Waals surface area contributed by atoms with Crippen molar-refractivity contribution in [2.24, 2.45) is 7.05 Å². The number of nitrogens with zero attached hydrogens (tertiary/aromatic N) is 4. The summed E-state index contributed by atoms with van der Waals surface area (Å²) in [6.45, 7) is 4.01. The van der Waals surface area contributed by atoms with Gasteiger partial charge in [-0.25, -0.2) is 13.2 Å². The van der Waals surface area contributed by atoms with E-state index in [9.17, 15) is 18.0 Å². The maximum atomic E-state index is 14.0. The summed E-state index contributed by atoms with van der Waals surface area (Å²) in [4.78, 5) is 15.6. The topological polar surface area (TPSA) is 42.5 Å². The minimum Gasteiger partial charge on any atom is -0.327 e. The highest BCUT2D eigenvalue weighted by Gasteiger charge is 2.40. The Morgan fingerprint density at radius 2 is 1.79 bits per heavy atom. The quantitative estimate of drug-likeness (QED) is 0.363. The highest BCUT2D eigenvalue weighted by Crippen LogP contribution is 2.41. The summed E-state index contributed by atoms with van der Waals surface area (Å²) in [5.41, 5.74) is 3.88. The molecule has 34 heavy (non-hydrogen) atoms. The Bertz CT molecular complexity index is 1380. The van der Waals surface area contributed by atoms with Crippen molar-refractivity contribution in [3.05, 3.63) is 83.1 Å². The second kappa shape index (κ2) is 8.34. The van der Waals surface area contributed by atoms with Crippen LogP contribution in [0.4, 0.5) is 13.2 Å². The summed E-state index contributed by atoms with van der Waals surface area (Å²) < 4.78 is 45.2. The molecule has 0 bridgehead atoms. The Kier molecular flexibility index (Phi) is 5.46. The molecule has 0 aliphatic carbocycles. The molecule has 0 fully saturated rings. The number of benzene rings is 1. The lowest BCUT2D eigenvalue weighted by molar-refractivity contribution is 0.0513. The molecule has 1 aliphatic heterocycles. The number of amides is 1. The predicted molar refractivity (Wildman–Crippen MR) is 123 cm³/mol. The van der Waals surface area contributed by atoms with E-state index < -0.39 is 17.5 Å². The fourth-order valence-corrected chi connectivity index (χ4v) is 5.18. The highest BCUT2D eigenvalue weighted by molar-refractivity contribution is 5.96. The molecule has 0 N–H and O–H groups in total. The summed E-state index contributed by atoms with van der Waals surface area (Å²) in [6, 6.07) is 9.17. The molecule has 5 nitrogen and oxygen atoms in total. The molecule has 1 amide bonds. The van der Waals surface area contributed by atoms with Gasteiger partial charge in [0.2, 0.25) is 0 Å². The van der Waals surface area contributed by atoms with Crippen molar-refractivity contribution in [2.75, 3.05) is 0 Å². The Balaban J connectivity index is 1.60. The molecule has 8 heteroatoms. The van der Waals surface area contributed by atoms with Crippen molar-refractivity contribution < 1.29 is 18.0 Å². The molecule has 0 spiro atoms. The average Bonchev–Trinajstić information content (AvgIpc) is 3.43. The SMILES string of the molecule is CCC1Cc2c(nn(C)c2-c2cc(F)c(F)c(F)c2)C(CC)N1C(=O)c1ccn2cccc2c1. The molecule has 176 valence electrons. The summed E-state index contributed by atoms with van der Waals surface area (Å²) in [5.74, 6) is -4.04. The zero-order chi connectivity index (χ0) is 24.1. The van der Waals surface area contributed by atoms with Crippen LogP contribution in [0, 0.1) is 17.5 Å². The number of hydrogen-bond acceptors (Lipinski definition) is 2. The van der Waals surface area contributed by atoms with Gasteiger partial charge in [0.25, 0.3) is 5.91 Å². The summed E-state index contributed by atoms with van der Waals surface area (Å²) in [7, 11) is 1.70. The first-order valence-corrected chi connectivity index (χ1v) is 11.4. The smallest absolute Gasteiger partial charge is 0.254 e. The van der Waals surface area contributed by atoms with E-state index >= 15 is 0 Å². The minimum absolute atomic E-state index is 0.0703. The van der Waals surface area contributed by atoms with Crippen molar-refractivity contribution in [1.29, 1.82) is 0 Å². The second-order valence-electron chi connectivity index (χ2n) is 8.75. The Morgan fingerprint density at radius 1 is 1.06 bits per heavy atom. The molecule has 0 radical (unpaired) electrons. The maximum Gasteiger partial charge on any atom is 0.254 e. The van der Waals surface area contributed by atoms with Gasteiger partial charge in [-0.05, 0) is 55.7 Å². The summed E-state index contributed by atoms with van der Waals surface area (Å²) in [6.07, 6.45) is 5.62. The highest BCUT2D eigenvalue weighted by atomic mass is 19.2. The molecule has 0 saturated carbocycles. The third-order valence-electron chi connectivity index (χ3n) is 6.79. The van der Waals surface area contributed by atoms with Crippen LogP contribution in [-0.4, -0.2) is 31.0 Å². The summed E-state index contributed by atoms with van der Waals surface area (Å²) >= 11 is 0. The average molecular weight is 467 g/mol. The number of rotatable bonds is 4. The predicted octanol–water partition coefficient (Wildman–Crippen LogP) is 5.69. The van der Waals surface area contributed by atoms with E-state index in [0.29, 0.717) is 36.2 Å². The third-order valence-corrected chi connectivity index (χ3v) is 6.79. The summed E-state index contributed by atoms with van der Waals surface area (Å²) in [5, 5.41) is 4.68. The van der Waals surface area contributed by atoms with E-state index in [0.717, 1.165) is 23.2 Å². The first kappa shape index (κ1) is 22.3. The van der Waals surface area contributed by atoms with Crippen LogP contribution < -0.4 is 0 Å². The lowest BCUT2D eigenvalue weighted by Crippen LogP contribution is -2.47. The number of aromatic nitrogens is 3. The number of carbonyl (C=O) groups is 1. The van der Waals surface area contributed by atoms with Gasteiger partial charge in [0, 0.05) is 47.7 Å². The molecular formula is C26H25F3N4O. The number of fused-ring (bicyclic) bond motifs is 2. The fourth-order valence-electron chi connectivity index (χ4n) is 5.18. The Labute approximate surface area is 195 Å². The molecule has 3 aromatic heterocycles. The van der Waals surface area contributed by atoms with E-state index in [1.807, 2.05) is 59.8 Å². The number of hydrogen-bond donors (Lipinski definition) is 0. The number of pyridine rings is 1. The monoisotopic (exact) mass is 466 g/mol. The van der Waals surface area contributed by atoms with E-state index in [-0.39, 0.29) is 23.6 Å². The molecular weight excluding hydrogens is 441 g/mol. The normalized spacial score (nSPS) is 17.9. The van der Waals surface area contributed by atoms with Crippen LogP contribution in [0.15, 0.2) is 48.8 Å². The zero-order valence-electron chi connectivity index (χ0n) is 19.2. The minimum atomic E-state index is -1.49. The van der Waals surface area contributed by atoms with Gasteiger partial charge >= 0.3 is 0 Å². The molecule has 4 heterocycles. The second-order valence-corrected chi connectivity index (χ2v) is 8.75. The van der Waals surface area contributed by atoms with Gasteiger partial charge in [-0.1, -0.05) is 13.8 Å². The van der Waals surface area contributed by atoms with Gasteiger partial charge in [-0.2, -0.15) is 5.10 Å². The maximum absolute atomic E-state index is 14.0. The molecule has 1 aliphatic rings. The zero-order valence-corrected chi connectivity index (χ0v) is 19.2. The first-order chi connectivity index (χ1) is 16.3. The van der Waals surface area contributed by atoms with Gasteiger partial charge in [0.1, 0.15) is 0 Å². The molecule has 0 saturated heterocycles. The van der Waals surface area contributed by atoms with Crippen LogP contribution in [0.3, 0.4) is 0 Å². The Hall–Kier alpha value is -3.55. The van der Waals surface area contributed by atoms with Crippen LogP contribution in [-0.2, 0) is 13.5 Å². The van der Waals surface area contributed by atoms with Crippen LogP contribution >= 0.6 is 0 Å². The molecule has 2 unspecified atom stereocenters. The molecule has 1 aromatic carbocycles. The number of halogens is 3. The molecule has 2 atom stereocenters.